The Morgan fingerprint density at radius 2 is 2.20 bits per heavy atom. The Kier molecular flexibility index (Phi) is 1.29. The average molecular weight is 141 g/mol. The molecule has 10 heavy (non-hydrogen) atoms. The Labute approximate surface area is 61.9 Å². The molecule has 2 rings (SSSR count). The highest BCUT2D eigenvalue weighted by atomic mass is 16.5. The minimum absolute atomic E-state index is 0.150. The standard InChI is InChI=1S/C8H15NO/c1-8(2)3-6-4-9-5-7(6)10-8/h6-7,9H,3-5H2,1-2H3. The van der Waals surface area contributed by atoms with Gasteiger partial charge in [-0.1, -0.05) is 0 Å². The van der Waals surface area contributed by atoms with Gasteiger partial charge in [-0.2, -0.15) is 0 Å². The Morgan fingerprint density at radius 1 is 1.40 bits per heavy atom. The highest BCUT2D eigenvalue weighted by Gasteiger charge is 2.42. The van der Waals surface area contributed by atoms with Crippen LogP contribution in [0.15, 0.2) is 0 Å². The predicted molar refractivity (Wildman–Crippen MR) is 39.9 cm³/mol. The summed E-state index contributed by atoms with van der Waals surface area (Å²) in [7, 11) is 0. The SMILES string of the molecule is CC1(C)CC2CNCC2O1. The molecular weight excluding hydrogens is 126 g/mol. The first-order chi connectivity index (χ1) is 4.67. The van der Waals surface area contributed by atoms with E-state index >= 15 is 0 Å². The van der Waals surface area contributed by atoms with Gasteiger partial charge in [0.15, 0.2) is 0 Å². The largest absolute Gasteiger partial charge is 0.371 e. The zero-order chi connectivity index (χ0) is 7.19. The van der Waals surface area contributed by atoms with E-state index < -0.39 is 0 Å². The zero-order valence-electron chi connectivity index (χ0n) is 6.68. The van der Waals surface area contributed by atoms with E-state index in [-0.39, 0.29) is 5.60 Å². The third-order valence-corrected chi connectivity index (χ3v) is 2.50. The molecule has 0 bridgehead atoms. The number of fused-ring (bicyclic) bond motifs is 1. The minimum Gasteiger partial charge on any atom is -0.371 e. The van der Waals surface area contributed by atoms with E-state index in [1.165, 1.54) is 6.42 Å². The minimum atomic E-state index is 0.150. The Balaban J connectivity index is 2.07. The molecule has 2 saturated heterocycles. The predicted octanol–water partition coefficient (Wildman–Crippen LogP) is 0.773. The Morgan fingerprint density at radius 3 is 2.90 bits per heavy atom. The molecule has 2 atom stereocenters. The van der Waals surface area contributed by atoms with Crippen molar-refractivity contribution in [2.75, 3.05) is 13.1 Å². The topological polar surface area (TPSA) is 21.3 Å². The van der Waals surface area contributed by atoms with E-state index in [0.717, 1.165) is 19.0 Å². The van der Waals surface area contributed by atoms with Gasteiger partial charge in [-0.15, -0.1) is 0 Å². The monoisotopic (exact) mass is 141 g/mol. The molecule has 1 N–H and O–H groups in total. The molecule has 0 spiro atoms. The van der Waals surface area contributed by atoms with Gasteiger partial charge in [-0.05, 0) is 20.3 Å². The summed E-state index contributed by atoms with van der Waals surface area (Å²) in [6, 6.07) is 0. The van der Waals surface area contributed by atoms with Gasteiger partial charge in [0.25, 0.3) is 0 Å². The summed E-state index contributed by atoms with van der Waals surface area (Å²) in [6.45, 7) is 6.60. The lowest BCUT2D eigenvalue weighted by molar-refractivity contribution is -0.0119. The normalized spacial score (nSPS) is 43.8. The van der Waals surface area contributed by atoms with Crippen LogP contribution in [0.25, 0.3) is 0 Å². The molecule has 2 fully saturated rings. The molecule has 0 aromatic carbocycles. The smallest absolute Gasteiger partial charge is 0.0747 e. The van der Waals surface area contributed by atoms with Crippen molar-refractivity contribution in [1.82, 2.24) is 5.32 Å². The summed E-state index contributed by atoms with van der Waals surface area (Å²) >= 11 is 0. The molecule has 0 radical (unpaired) electrons. The molecule has 2 unspecified atom stereocenters. The molecule has 0 saturated carbocycles. The van der Waals surface area contributed by atoms with E-state index in [1.54, 1.807) is 0 Å². The third kappa shape index (κ3) is 0.956. The Bertz CT molecular complexity index is 130. The van der Waals surface area contributed by atoms with Gasteiger partial charge in [0, 0.05) is 19.0 Å². The fraction of sp³-hybridized carbons (Fsp3) is 1.00. The molecule has 2 heterocycles. The van der Waals surface area contributed by atoms with Gasteiger partial charge in [-0.3, -0.25) is 0 Å². The summed E-state index contributed by atoms with van der Waals surface area (Å²) in [5.41, 5.74) is 0.150. The summed E-state index contributed by atoms with van der Waals surface area (Å²) in [4.78, 5) is 0. The second-order valence-electron chi connectivity index (χ2n) is 4.04. The van der Waals surface area contributed by atoms with Crippen LogP contribution < -0.4 is 5.32 Å². The van der Waals surface area contributed by atoms with E-state index in [9.17, 15) is 0 Å². The quantitative estimate of drug-likeness (QED) is 0.538. The van der Waals surface area contributed by atoms with Gasteiger partial charge in [-0.25, -0.2) is 0 Å². The van der Waals surface area contributed by atoms with Crippen LogP contribution in [0.3, 0.4) is 0 Å². The van der Waals surface area contributed by atoms with Crippen LogP contribution in [-0.2, 0) is 4.74 Å². The average Bonchev–Trinajstić information content (AvgIpc) is 2.20. The molecule has 2 heteroatoms. The highest BCUT2D eigenvalue weighted by molar-refractivity contribution is 4.94. The molecule has 0 aromatic heterocycles. The maximum absolute atomic E-state index is 5.81. The van der Waals surface area contributed by atoms with Crippen molar-refractivity contribution >= 4 is 0 Å². The van der Waals surface area contributed by atoms with Crippen LogP contribution in [0.1, 0.15) is 20.3 Å². The lowest BCUT2D eigenvalue weighted by Gasteiger charge is -2.18. The van der Waals surface area contributed by atoms with Crippen molar-refractivity contribution in [1.29, 1.82) is 0 Å². The first kappa shape index (κ1) is 6.62. The van der Waals surface area contributed by atoms with Crippen molar-refractivity contribution in [3.05, 3.63) is 0 Å². The van der Waals surface area contributed by atoms with Gasteiger partial charge >= 0.3 is 0 Å². The second kappa shape index (κ2) is 1.95. The first-order valence-electron chi connectivity index (χ1n) is 4.06. The molecular formula is C8H15NO. The number of ether oxygens (including phenoxy) is 1. The summed E-state index contributed by atoms with van der Waals surface area (Å²) < 4.78 is 5.81. The van der Waals surface area contributed by atoms with Gasteiger partial charge < -0.3 is 10.1 Å². The number of hydrogen-bond donors (Lipinski definition) is 1. The molecule has 0 amide bonds. The van der Waals surface area contributed by atoms with Crippen molar-refractivity contribution in [2.45, 2.75) is 32.0 Å². The highest BCUT2D eigenvalue weighted by Crippen LogP contribution is 2.35. The van der Waals surface area contributed by atoms with Gasteiger partial charge in [0.1, 0.15) is 0 Å². The summed E-state index contributed by atoms with van der Waals surface area (Å²) in [5.74, 6) is 0.787. The molecule has 58 valence electrons. The molecule has 0 aliphatic carbocycles. The number of hydrogen-bond acceptors (Lipinski definition) is 2. The van der Waals surface area contributed by atoms with E-state index in [0.29, 0.717) is 6.10 Å². The lowest BCUT2D eigenvalue weighted by Crippen LogP contribution is -2.24. The van der Waals surface area contributed by atoms with Crippen LogP contribution in [0.5, 0.6) is 0 Å². The van der Waals surface area contributed by atoms with Gasteiger partial charge in [0.05, 0.1) is 11.7 Å². The van der Waals surface area contributed by atoms with Crippen molar-refractivity contribution in [3.8, 4) is 0 Å². The van der Waals surface area contributed by atoms with Crippen LogP contribution in [0, 0.1) is 5.92 Å². The van der Waals surface area contributed by atoms with Crippen molar-refractivity contribution in [3.63, 3.8) is 0 Å². The third-order valence-electron chi connectivity index (χ3n) is 2.50. The lowest BCUT2D eigenvalue weighted by atomic mass is 9.96. The number of rotatable bonds is 0. The van der Waals surface area contributed by atoms with Crippen LogP contribution >= 0.6 is 0 Å². The van der Waals surface area contributed by atoms with Gasteiger partial charge in [0.2, 0.25) is 0 Å². The van der Waals surface area contributed by atoms with Crippen LogP contribution in [0.4, 0.5) is 0 Å². The van der Waals surface area contributed by atoms with Crippen molar-refractivity contribution in [2.24, 2.45) is 5.92 Å². The molecule has 2 aliphatic rings. The fourth-order valence-electron chi connectivity index (χ4n) is 2.14. The van der Waals surface area contributed by atoms with E-state index in [4.69, 9.17) is 4.74 Å². The maximum Gasteiger partial charge on any atom is 0.0747 e. The van der Waals surface area contributed by atoms with Crippen molar-refractivity contribution < 1.29 is 4.74 Å². The summed E-state index contributed by atoms with van der Waals surface area (Å²) in [6.07, 6.45) is 1.74. The van der Waals surface area contributed by atoms with Crippen LogP contribution in [-0.4, -0.2) is 24.8 Å². The first-order valence-corrected chi connectivity index (χ1v) is 4.06. The fourth-order valence-corrected chi connectivity index (χ4v) is 2.14. The Hall–Kier alpha value is -0.0800. The molecule has 0 aromatic rings. The van der Waals surface area contributed by atoms with E-state index in [2.05, 4.69) is 19.2 Å². The summed E-state index contributed by atoms with van der Waals surface area (Å²) in [5, 5.41) is 3.34. The molecule has 2 nitrogen and oxygen atoms in total. The zero-order valence-corrected chi connectivity index (χ0v) is 6.68. The molecule has 2 aliphatic heterocycles. The number of nitrogens with one attached hydrogen (secondary N) is 1. The van der Waals surface area contributed by atoms with E-state index in [1.807, 2.05) is 0 Å². The van der Waals surface area contributed by atoms with Crippen LogP contribution in [0.2, 0.25) is 0 Å². The second-order valence-corrected chi connectivity index (χ2v) is 4.04. The maximum atomic E-state index is 5.81.